The van der Waals surface area contributed by atoms with Crippen LogP contribution >= 0.6 is 11.3 Å². The summed E-state index contributed by atoms with van der Waals surface area (Å²) in [5.74, 6) is -0.308. The molecule has 0 saturated carbocycles. The molecule has 0 unspecified atom stereocenters. The fraction of sp³-hybridized carbons (Fsp3) is 0.600. The lowest BCUT2D eigenvalue weighted by Crippen LogP contribution is -2.63. The number of nitrogens with one attached hydrogen (secondary N) is 1. The molecule has 3 N–H and O–H groups in total. The SMILES string of the molecule is Cc1nc(N)sc1S(=O)(=O)N1CCNC(=O)C1(C)C. The van der Waals surface area contributed by atoms with Crippen molar-refractivity contribution in [3.8, 4) is 0 Å². The van der Waals surface area contributed by atoms with Crippen molar-refractivity contribution < 1.29 is 13.2 Å². The smallest absolute Gasteiger partial charge is 0.255 e. The van der Waals surface area contributed by atoms with Crippen LogP contribution in [0.4, 0.5) is 5.13 Å². The van der Waals surface area contributed by atoms with E-state index >= 15 is 0 Å². The zero-order valence-electron chi connectivity index (χ0n) is 10.9. The molecule has 1 aliphatic rings. The van der Waals surface area contributed by atoms with Gasteiger partial charge in [-0.15, -0.1) is 0 Å². The summed E-state index contributed by atoms with van der Waals surface area (Å²) in [6.07, 6.45) is 0. The molecule has 1 amide bonds. The van der Waals surface area contributed by atoms with E-state index in [0.29, 0.717) is 12.2 Å². The topological polar surface area (TPSA) is 105 Å². The molecule has 0 spiro atoms. The number of rotatable bonds is 2. The van der Waals surface area contributed by atoms with E-state index in [-0.39, 0.29) is 21.8 Å². The molecular weight excluding hydrogens is 288 g/mol. The minimum Gasteiger partial charge on any atom is -0.375 e. The minimum atomic E-state index is -3.76. The van der Waals surface area contributed by atoms with Crippen LogP contribution in [0.1, 0.15) is 19.5 Å². The van der Waals surface area contributed by atoms with Crippen LogP contribution in [0.2, 0.25) is 0 Å². The Morgan fingerprint density at radius 1 is 1.47 bits per heavy atom. The van der Waals surface area contributed by atoms with Crippen molar-refractivity contribution >= 4 is 32.4 Å². The Hall–Kier alpha value is -1.19. The largest absolute Gasteiger partial charge is 0.375 e. The number of aromatic nitrogens is 1. The van der Waals surface area contributed by atoms with Crippen LogP contribution in [0.15, 0.2) is 4.21 Å². The average Bonchev–Trinajstić information content (AvgIpc) is 2.62. The molecule has 2 heterocycles. The summed E-state index contributed by atoms with van der Waals surface area (Å²) in [6, 6.07) is 0. The third-order valence-electron chi connectivity index (χ3n) is 3.07. The maximum absolute atomic E-state index is 12.6. The fourth-order valence-electron chi connectivity index (χ4n) is 2.04. The van der Waals surface area contributed by atoms with Gasteiger partial charge in [-0.05, 0) is 20.8 Å². The summed E-state index contributed by atoms with van der Waals surface area (Å²) >= 11 is 0.922. The highest BCUT2D eigenvalue weighted by atomic mass is 32.2. The summed E-state index contributed by atoms with van der Waals surface area (Å²) < 4.78 is 26.6. The fourth-order valence-corrected chi connectivity index (χ4v) is 5.19. The minimum absolute atomic E-state index is 0.104. The number of carbonyl (C=O) groups excluding carboxylic acids is 1. The number of nitrogens with zero attached hydrogens (tertiary/aromatic N) is 2. The molecule has 1 aromatic rings. The van der Waals surface area contributed by atoms with Crippen LogP contribution in [0.25, 0.3) is 0 Å². The number of nitrogens with two attached hydrogens (primary N) is 1. The second-order valence-electron chi connectivity index (χ2n) is 4.82. The van der Waals surface area contributed by atoms with Crippen molar-refractivity contribution in [2.75, 3.05) is 18.8 Å². The Morgan fingerprint density at radius 2 is 2.11 bits per heavy atom. The molecule has 0 bridgehead atoms. The average molecular weight is 304 g/mol. The molecule has 2 rings (SSSR count). The maximum Gasteiger partial charge on any atom is 0.255 e. The molecule has 0 radical (unpaired) electrons. The van der Waals surface area contributed by atoms with Crippen LogP contribution in [-0.2, 0) is 14.8 Å². The zero-order valence-corrected chi connectivity index (χ0v) is 12.6. The van der Waals surface area contributed by atoms with Gasteiger partial charge in [-0.1, -0.05) is 11.3 Å². The third kappa shape index (κ3) is 2.21. The van der Waals surface area contributed by atoms with Gasteiger partial charge < -0.3 is 11.1 Å². The molecule has 1 aliphatic heterocycles. The summed E-state index contributed by atoms with van der Waals surface area (Å²) in [5, 5.41) is 2.87. The summed E-state index contributed by atoms with van der Waals surface area (Å²) in [7, 11) is -3.76. The molecule has 0 atom stereocenters. The number of sulfonamides is 1. The number of thiazole rings is 1. The number of carbonyl (C=O) groups is 1. The second kappa shape index (κ2) is 4.43. The Kier molecular flexibility index (Phi) is 3.31. The molecule has 19 heavy (non-hydrogen) atoms. The van der Waals surface area contributed by atoms with Crippen molar-refractivity contribution in [3.63, 3.8) is 0 Å². The standard InChI is InChI=1S/C10H16N4O3S2/c1-6-7(18-9(11)13-6)19(16,17)14-5-4-12-8(15)10(14,2)3/h4-5H2,1-3H3,(H2,11,13)(H,12,15). The van der Waals surface area contributed by atoms with Gasteiger partial charge in [0.2, 0.25) is 5.91 Å². The van der Waals surface area contributed by atoms with Crippen LogP contribution < -0.4 is 11.1 Å². The highest BCUT2D eigenvalue weighted by Crippen LogP contribution is 2.32. The number of anilines is 1. The predicted octanol–water partition coefficient (Wildman–Crippen LogP) is -0.0672. The van der Waals surface area contributed by atoms with E-state index in [1.165, 1.54) is 4.31 Å². The second-order valence-corrected chi connectivity index (χ2v) is 7.91. The van der Waals surface area contributed by atoms with Crippen molar-refractivity contribution in [1.29, 1.82) is 0 Å². The van der Waals surface area contributed by atoms with Crippen LogP contribution in [0.5, 0.6) is 0 Å². The van der Waals surface area contributed by atoms with E-state index in [9.17, 15) is 13.2 Å². The van der Waals surface area contributed by atoms with Gasteiger partial charge in [0.05, 0.1) is 5.69 Å². The summed E-state index contributed by atoms with van der Waals surface area (Å²) in [5.41, 5.74) is 4.79. The predicted molar refractivity (Wildman–Crippen MR) is 72.2 cm³/mol. The molecule has 1 saturated heterocycles. The first-order valence-corrected chi connectivity index (χ1v) is 7.97. The van der Waals surface area contributed by atoms with Crippen LogP contribution in [-0.4, -0.2) is 42.2 Å². The van der Waals surface area contributed by atoms with Gasteiger partial charge in [0.25, 0.3) is 10.0 Å². The molecular formula is C10H16N4O3S2. The van der Waals surface area contributed by atoms with Crippen LogP contribution in [0, 0.1) is 6.92 Å². The van der Waals surface area contributed by atoms with Gasteiger partial charge in [-0.3, -0.25) is 4.79 Å². The lowest BCUT2D eigenvalue weighted by Gasteiger charge is -2.39. The number of piperazine rings is 1. The number of hydrogen-bond donors (Lipinski definition) is 2. The van der Waals surface area contributed by atoms with Gasteiger partial charge in [0.15, 0.2) is 9.34 Å². The van der Waals surface area contributed by atoms with E-state index in [4.69, 9.17) is 5.73 Å². The van der Waals surface area contributed by atoms with Crippen LogP contribution in [0.3, 0.4) is 0 Å². The lowest BCUT2D eigenvalue weighted by atomic mass is 10.0. The first kappa shape index (κ1) is 14.2. The highest BCUT2D eigenvalue weighted by molar-refractivity contribution is 7.91. The Balaban J connectivity index is 2.50. The summed E-state index contributed by atoms with van der Waals surface area (Å²) in [4.78, 5) is 15.8. The van der Waals surface area contributed by atoms with Crippen molar-refractivity contribution in [1.82, 2.24) is 14.6 Å². The summed E-state index contributed by atoms with van der Waals surface area (Å²) in [6.45, 7) is 5.29. The molecule has 7 nitrogen and oxygen atoms in total. The molecule has 9 heteroatoms. The van der Waals surface area contributed by atoms with Gasteiger partial charge >= 0.3 is 0 Å². The number of amides is 1. The van der Waals surface area contributed by atoms with Gasteiger partial charge in [0, 0.05) is 13.1 Å². The molecule has 1 fully saturated rings. The lowest BCUT2D eigenvalue weighted by molar-refractivity contribution is -0.131. The number of nitrogen functional groups attached to an aromatic ring is 1. The Morgan fingerprint density at radius 3 is 2.63 bits per heavy atom. The monoisotopic (exact) mass is 304 g/mol. The zero-order chi connectivity index (χ0) is 14.4. The van der Waals surface area contributed by atoms with Crippen molar-refractivity contribution in [3.05, 3.63) is 5.69 Å². The number of hydrogen-bond acceptors (Lipinski definition) is 6. The van der Waals surface area contributed by atoms with Gasteiger partial charge in [0.1, 0.15) is 5.54 Å². The molecule has 0 aromatic carbocycles. The van der Waals surface area contributed by atoms with Crippen molar-refractivity contribution in [2.24, 2.45) is 0 Å². The Labute approximate surface area is 115 Å². The van der Waals surface area contributed by atoms with E-state index in [2.05, 4.69) is 10.3 Å². The Bertz CT molecular complexity index is 621. The molecule has 1 aromatic heterocycles. The van der Waals surface area contributed by atoms with E-state index in [1.807, 2.05) is 0 Å². The van der Waals surface area contributed by atoms with E-state index in [0.717, 1.165) is 11.3 Å². The van der Waals surface area contributed by atoms with E-state index < -0.39 is 15.6 Å². The third-order valence-corrected chi connectivity index (χ3v) is 6.72. The van der Waals surface area contributed by atoms with Gasteiger partial charge in [-0.2, -0.15) is 4.31 Å². The normalized spacial score (nSPS) is 20.3. The first-order chi connectivity index (χ1) is 8.67. The first-order valence-electron chi connectivity index (χ1n) is 5.71. The van der Waals surface area contributed by atoms with Gasteiger partial charge in [-0.25, -0.2) is 13.4 Å². The van der Waals surface area contributed by atoms with Crippen molar-refractivity contribution in [2.45, 2.75) is 30.5 Å². The molecule has 0 aliphatic carbocycles. The van der Waals surface area contributed by atoms with E-state index in [1.54, 1.807) is 20.8 Å². The number of aryl methyl sites for hydroxylation is 1. The maximum atomic E-state index is 12.6. The quantitative estimate of drug-likeness (QED) is 0.796. The molecule has 106 valence electrons. The highest BCUT2D eigenvalue weighted by Gasteiger charge is 2.46.